The normalized spacial score (nSPS) is 26.8. The van der Waals surface area contributed by atoms with Crippen molar-refractivity contribution in [3.63, 3.8) is 0 Å². The molecule has 0 amide bonds. The minimum absolute atomic E-state index is 0.572. The predicted octanol–water partition coefficient (Wildman–Crippen LogP) is 2.28. The lowest BCUT2D eigenvalue weighted by molar-refractivity contribution is 0.245. The standard InChI is InChI=1S/C12H20N4S/c1-9-13-12(17-15-9)14-10-6-7-16(8-10)11-4-2-3-5-11/h10-11H,2-8H2,1H3,(H,13,14,15)/t10-/m0/s1. The number of nitrogens with zero attached hydrogens (tertiary/aromatic N) is 3. The molecule has 2 aliphatic rings. The Morgan fingerprint density at radius 2 is 2.12 bits per heavy atom. The Labute approximate surface area is 107 Å². The van der Waals surface area contributed by atoms with E-state index in [0.717, 1.165) is 17.0 Å². The Hall–Kier alpha value is -0.680. The second-order valence-electron chi connectivity index (χ2n) is 5.21. The third kappa shape index (κ3) is 2.60. The molecule has 1 saturated carbocycles. The molecule has 1 N–H and O–H groups in total. The molecule has 2 fully saturated rings. The zero-order chi connectivity index (χ0) is 11.7. The summed E-state index contributed by atoms with van der Waals surface area (Å²) in [5.41, 5.74) is 0. The molecule has 1 saturated heterocycles. The van der Waals surface area contributed by atoms with Crippen LogP contribution in [0.4, 0.5) is 5.13 Å². The molecule has 5 heteroatoms. The van der Waals surface area contributed by atoms with Gasteiger partial charge < -0.3 is 5.32 Å². The zero-order valence-electron chi connectivity index (χ0n) is 10.4. The molecular weight excluding hydrogens is 232 g/mol. The second kappa shape index (κ2) is 4.90. The Balaban J connectivity index is 1.53. The molecule has 2 heterocycles. The van der Waals surface area contributed by atoms with Crippen molar-refractivity contribution in [2.75, 3.05) is 18.4 Å². The minimum Gasteiger partial charge on any atom is -0.356 e. The van der Waals surface area contributed by atoms with E-state index >= 15 is 0 Å². The van der Waals surface area contributed by atoms with Gasteiger partial charge in [-0.2, -0.15) is 4.37 Å². The summed E-state index contributed by atoms with van der Waals surface area (Å²) in [5, 5.41) is 4.51. The number of hydrogen-bond acceptors (Lipinski definition) is 5. The molecule has 1 aromatic heterocycles. The van der Waals surface area contributed by atoms with Crippen LogP contribution in [-0.2, 0) is 0 Å². The van der Waals surface area contributed by atoms with Gasteiger partial charge in [0.2, 0.25) is 5.13 Å². The molecule has 1 aliphatic carbocycles. The molecule has 4 nitrogen and oxygen atoms in total. The van der Waals surface area contributed by atoms with E-state index in [0.29, 0.717) is 6.04 Å². The number of aryl methyl sites for hydroxylation is 1. The summed E-state index contributed by atoms with van der Waals surface area (Å²) in [4.78, 5) is 7.04. The van der Waals surface area contributed by atoms with Crippen LogP contribution in [0.3, 0.4) is 0 Å². The fraction of sp³-hybridized carbons (Fsp3) is 0.833. The molecule has 0 bridgehead atoms. The first-order chi connectivity index (χ1) is 8.31. The van der Waals surface area contributed by atoms with Crippen molar-refractivity contribution in [2.24, 2.45) is 0 Å². The lowest BCUT2D eigenvalue weighted by Crippen LogP contribution is -2.33. The Morgan fingerprint density at radius 3 is 2.82 bits per heavy atom. The molecule has 1 atom stereocenters. The summed E-state index contributed by atoms with van der Waals surface area (Å²) in [6, 6.07) is 1.43. The Bertz CT molecular complexity index is 372. The maximum Gasteiger partial charge on any atom is 0.202 e. The number of hydrogen-bond donors (Lipinski definition) is 1. The van der Waals surface area contributed by atoms with E-state index in [9.17, 15) is 0 Å². The van der Waals surface area contributed by atoms with E-state index < -0.39 is 0 Å². The molecule has 0 unspecified atom stereocenters. The number of aromatic nitrogens is 2. The molecular formula is C12H20N4S. The van der Waals surface area contributed by atoms with E-state index in [2.05, 4.69) is 19.6 Å². The topological polar surface area (TPSA) is 41.1 Å². The second-order valence-corrected chi connectivity index (χ2v) is 5.96. The molecule has 3 rings (SSSR count). The van der Waals surface area contributed by atoms with Crippen LogP contribution in [0.2, 0.25) is 0 Å². The van der Waals surface area contributed by atoms with Crippen molar-refractivity contribution < 1.29 is 0 Å². The van der Waals surface area contributed by atoms with Crippen molar-refractivity contribution >= 4 is 16.7 Å². The molecule has 94 valence electrons. The Morgan fingerprint density at radius 1 is 1.29 bits per heavy atom. The van der Waals surface area contributed by atoms with Crippen molar-refractivity contribution in [1.82, 2.24) is 14.3 Å². The van der Waals surface area contributed by atoms with Crippen LogP contribution in [0.25, 0.3) is 0 Å². The van der Waals surface area contributed by atoms with Crippen LogP contribution in [0, 0.1) is 6.92 Å². The first kappa shape index (κ1) is 11.4. The van der Waals surface area contributed by atoms with Gasteiger partial charge in [0.05, 0.1) is 0 Å². The number of likely N-dealkylation sites (tertiary alicyclic amines) is 1. The fourth-order valence-electron chi connectivity index (χ4n) is 3.04. The predicted molar refractivity (Wildman–Crippen MR) is 70.5 cm³/mol. The summed E-state index contributed by atoms with van der Waals surface area (Å²) >= 11 is 1.48. The van der Waals surface area contributed by atoms with Crippen LogP contribution in [-0.4, -0.2) is 39.4 Å². The van der Waals surface area contributed by atoms with E-state index in [-0.39, 0.29) is 0 Å². The first-order valence-corrected chi connectivity index (χ1v) is 7.39. The summed E-state index contributed by atoms with van der Waals surface area (Å²) < 4.78 is 4.21. The number of nitrogens with one attached hydrogen (secondary N) is 1. The van der Waals surface area contributed by atoms with Crippen LogP contribution in [0.15, 0.2) is 0 Å². The molecule has 1 aromatic rings. The first-order valence-electron chi connectivity index (χ1n) is 6.62. The summed E-state index contributed by atoms with van der Waals surface area (Å²) in [6.07, 6.45) is 6.91. The van der Waals surface area contributed by atoms with Crippen LogP contribution >= 0.6 is 11.5 Å². The highest BCUT2D eigenvalue weighted by Gasteiger charge is 2.30. The highest BCUT2D eigenvalue weighted by molar-refractivity contribution is 7.09. The molecule has 0 radical (unpaired) electrons. The minimum atomic E-state index is 0.572. The van der Waals surface area contributed by atoms with E-state index in [4.69, 9.17) is 0 Å². The number of rotatable bonds is 3. The highest BCUT2D eigenvalue weighted by Crippen LogP contribution is 2.27. The van der Waals surface area contributed by atoms with Crippen LogP contribution in [0.5, 0.6) is 0 Å². The molecule has 0 aromatic carbocycles. The largest absolute Gasteiger partial charge is 0.356 e. The van der Waals surface area contributed by atoms with E-state index in [1.165, 1.54) is 56.7 Å². The fourth-order valence-corrected chi connectivity index (χ4v) is 3.69. The van der Waals surface area contributed by atoms with Crippen molar-refractivity contribution in [1.29, 1.82) is 0 Å². The average Bonchev–Trinajstić information content (AvgIpc) is 3.00. The van der Waals surface area contributed by atoms with Crippen molar-refractivity contribution in [3.8, 4) is 0 Å². The molecule has 17 heavy (non-hydrogen) atoms. The van der Waals surface area contributed by atoms with Gasteiger partial charge in [-0.05, 0) is 26.2 Å². The van der Waals surface area contributed by atoms with Gasteiger partial charge >= 0.3 is 0 Å². The summed E-state index contributed by atoms with van der Waals surface area (Å²) in [5.74, 6) is 0.878. The lowest BCUT2D eigenvalue weighted by atomic mass is 10.2. The third-order valence-electron chi connectivity index (χ3n) is 3.92. The van der Waals surface area contributed by atoms with Gasteiger partial charge in [-0.15, -0.1) is 0 Å². The maximum atomic E-state index is 4.37. The van der Waals surface area contributed by atoms with Gasteiger partial charge in [0.15, 0.2) is 0 Å². The SMILES string of the molecule is Cc1nsc(N[C@H]2CCN(C3CCCC3)C2)n1. The van der Waals surface area contributed by atoms with Crippen molar-refractivity contribution in [2.45, 2.75) is 51.1 Å². The summed E-state index contributed by atoms with van der Waals surface area (Å²) in [7, 11) is 0. The van der Waals surface area contributed by atoms with Crippen LogP contribution < -0.4 is 5.32 Å². The number of anilines is 1. The Kier molecular flexibility index (Phi) is 3.29. The monoisotopic (exact) mass is 252 g/mol. The summed E-state index contributed by atoms with van der Waals surface area (Å²) in [6.45, 7) is 4.38. The van der Waals surface area contributed by atoms with Gasteiger partial charge in [0.25, 0.3) is 0 Å². The van der Waals surface area contributed by atoms with Gasteiger partial charge in [0, 0.05) is 36.7 Å². The van der Waals surface area contributed by atoms with Crippen molar-refractivity contribution in [3.05, 3.63) is 5.82 Å². The third-order valence-corrected chi connectivity index (χ3v) is 4.65. The average molecular weight is 252 g/mol. The molecule has 1 aliphatic heterocycles. The maximum absolute atomic E-state index is 4.37. The van der Waals surface area contributed by atoms with Gasteiger partial charge in [-0.3, -0.25) is 4.90 Å². The highest BCUT2D eigenvalue weighted by atomic mass is 32.1. The van der Waals surface area contributed by atoms with Gasteiger partial charge in [-0.25, -0.2) is 4.98 Å². The lowest BCUT2D eigenvalue weighted by Gasteiger charge is -2.23. The van der Waals surface area contributed by atoms with E-state index in [1.807, 2.05) is 6.92 Å². The van der Waals surface area contributed by atoms with Crippen LogP contribution in [0.1, 0.15) is 37.9 Å². The van der Waals surface area contributed by atoms with Gasteiger partial charge in [-0.1, -0.05) is 12.8 Å². The van der Waals surface area contributed by atoms with Gasteiger partial charge in [0.1, 0.15) is 5.82 Å². The smallest absolute Gasteiger partial charge is 0.202 e. The quantitative estimate of drug-likeness (QED) is 0.896. The van der Waals surface area contributed by atoms with E-state index in [1.54, 1.807) is 0 Å². The molecule has 0 spiro atoms. The zero-order valence-corrected chi connectivity index (χ0v) is 11.2.